The van der Waals surface area contributed by atoms with Gasteiger partial charge in [-0.15, -0.1) is 0 Å². The number of benzene rings is 2. The van der Waals surface area contributed by atoms with Gasteiger partial charge >= 0.3 is 0 Å². The van der Waals surface area contributed by atoms with E-state index in [1.165, 1.54) is 12.0 Å². The molecule has 1 aromatic heterocycles. The molecule has 1 aliphatic heterocycles. The number of nitriles is 1. The third-order valence-electron chi connectivity index (χ3n) is 8.06. The van der Waals surface area contributed by atoms with E-state index in [1.54, 1.807) is 6.07 Å². The molecule has 0 bridgehead atoms. The third kappa shape index (κ3) is 6.62. The summed E-state index contributed by atoms with van der Waals surface area (Å²) in [6.45, 7) is 1.75. The van der Waals surface area contributed by atoms with Crippen molar-refractivity contribution >= 4 is 28.5 Å². The minimum atomic E-state index is -0.175. The minimum absolute atomic E-state index is 0.0373. The lowest BCUT2D eigenvalue weighted by atomic mass is 9.83. The largest absolute Gasteiger partial charge is 0.451 e. The van der Waals surface area contributed by atoms with Gasteiger partial charge in [-0.25, -0.2) is 0 Å². The Morgan fingerprint density at radius 1 is 0.974 bits per heavy atom. The number of furan rings is 1. The van der Waals surface area contributed by atoms with Crippen LogP contribution in [0.15, 0.2) is 52.9 Å². The number of piperidine rings is 1. The van der Waals surface area contributed by atoms with E-state index in [0.717, 1.165) is 75.5 Å². The molecular formula is C31H36N4O3. The Hall–Kier alpha value is -3.63. The molecule has 2 aromatic carbocycles. The van der Waals surface area contributed by atoms with Crippen molar-refractivity contribution < 1.29 is 14.0 Å². The molecule has 2 fully saturated rings. The molecular weight excluding hydrogens is 476 g/mol. The van der Waals surface area contributed by atoms with Gasteiger partial charge in [0.05, 0.1) is 11.6 Å². The van der Waals surface area contributed by atoms with Crippen molar-refractivity contribution in [1.29, 1.82) is 5.26 Å². The number of carbonyl (C=O) groups is 2. The van der Waals surface area contributed by atoms with E-state index in [1.807, 2.05) is 30.3 Å². The molecule has 198 valence electrons. The first kappa shape index (κ1) is 26.0. The Balaban J connectivity index is 1.07. The third-order valence-corrected chi connectivity index (χ3v) is 8.06. The summed E-state index contributed by atoms with van der Waals surface area (Å²) in [4.78, 5) is 25.5. The standard InChI is InChI=1S/C31H36N4O3/c32-20-23-6-4-21(5-7-23)2-1-3-22-8-10-26(11-9-22)34-31(37)29-19-25-18-27(12-13-28(25)38-29)35-30(36)24-14-16-33-17-15-24/h4-7,12-13,18-19,22,24,26,33H,1-3,8-11,14-17H2,(H,34,37)(H,35,36). The van der Waals surface area contributed by atoms with Crippen molar-refractivity contribution in [3.05, 3.63) is 65.4 Å². The zero-order chi connectivity index (χ0) is 26.3. The lowest BCUT2D eigenvalue weighted by Gasteiger charge is -2.29. The Morgan fingerprint density at radius 2 is 1.74 bits per heavy atom. The van der Waals surface area contributed by atoms with Crippen LogP contribution >= 0.6 is 0 Å². The summed E-state index contributed by atoms with van der Waals surface area (Å²) in [6, 6.07) is 17.5. The number of carbonyl (C=O) groups excluding carboxylic acids is 2. The molecule has 1 saturated carbocycles. The van der Waals surface area contributed by atoms with E-state index in [-0.39, 0.29) is 23.8 Å². The van der Waals surface area contributed by atoms with Gasteiger partial charge in [-0.2, -0.15) is 5.26 Å². The number of rotatable bonds is 8. The second kappa shape index (κ2) is 12.3. The molecule has 7 heteroatoms. The number of anilines is 1. The highest BCUT2D eigenvalue weighted by Crippen LogP contribution is 2.29. The number of fused-ring (bicyclic) bond motifs is 1. The van der Waals surface area contributed by atoms with Gasteiger partial charge in [-0.3, -0.25) is 9.59 Å². The average molecular weight is 513 g/mol. The monoisotopic (exact) mass is 512 g/mol. The zero-order valence-corrected chi connectivity index (χ0v) is 21.8. The highest BCUT2D eigenvalue weighted by atomic mass is 16.3. The maximum absolute atomic E-state index is 12.9. The molecule has 2 aliphatic rings. The summed E-state index contributed by atoms with van der Waals surface area (Å²) in [5.74, 6) is 0.927. The van der Waals surface area contributed by atoms with Gasteiger partial charge in [0.2, 0.25) is 5.91 Å². The van der Waals surface area contributed by atoms with Crippen LogP contribution in [-0.2, 0) is 11.2 Å². The smallest absolute Gasteiger partial charge is 0.287 e. The molecule has 2 heterocycles. The van der Waals surface area contributed by atoms with Crippen molar-refractivity contribution in [2.24, 2.45) is 11.8 Å². The van der Waals surface area contributed by atoms with Gasteiger partial charge in [0.25, 0.3) is 5.91 Å². The van der Waals surface area contributed by atoms with Gasteiger partial charge < -0.3 is 20.4 Å². The zero-order valence-electron chi connectivity index (χ0n) is 21.8. The Bertz CT molecular complexity index is 1290. The van der Waals surface area contributed by atoms with Crippen LogP contribution in [0.25, 0.3) is 11.0 Å². The lowest BCUT2D eigenvalue weighted by molar-refractivity contribution is -0.120. The molecule has 0 unspecified atom stereocenters. The predicted octanol–water partition coefficient (Wildman–Crippen LogP) is 5.55. The van der Waals surface area contributed by atoms with E-state index in [4.69, 9.17) is 9.68 Å². The van der Waals surface area contributed by atoms with Crippen molar-refractivity contribution in [2.75, 3.05) is 18.4 Å². The molecule has 0 spiro atoms. The number of amides is 2. The first-order valence-electron chi connectivity index (χ1n) is 13.9. The van der Waals surface area contributed by atoms with Crippen molar-refractivity contribution in [3.63, 3.8) is 0 Å². The molecule has 2 amide bonds. The Kier molecular flexibility index (Phi) is 8.40. The first-order chi connectivity index (χ1) is 18.6. The molecule has 3 N–H and O–H groups in total. The normalized spacial score (nSPS) is 20.1. The molecule has 3 aromatic rings. The molecule has 1 saturated heterocycles. The minimum Gasteiger partial charge on any atom is -0.451 e. The summed E-state index contributed by atoms with van der Waals surface area (Å²) in [5.41, 5.74) is 3.36. The van der Waals surface area contributed by atoms with Crippen LogP contribution in [0.1, 0.15) is 73.0 Å². The topological polar surface area (TPSA) is 107 Å². The van der Waals surface area contributed by atoms with Gasteiger partial charge in [-0.1, -0.05) is 18.6 Å². The number of nitrogens with one attached hydrogen (secondary N) is 3. The average Bonchev–Trinajstić information content (AvgIpc) is 3.39. The SMILES string of the molecule is N#Cc1ccc(CCCC2CCC(NC(=O)c3cc4cc(NC(=O)C5CCNCC5)ccc4o3)CC2)cc1. The van der Waals surface area contributed by atoms with Crippen LogP contribution in [0.4, 0.5) is 5.69 Å². The van der Waals surface area contributed by atoms with Crippen molar-refractivity contribution in [1.82, 2.24) is 10.6 Å². The molecule has 7 nitrogen and oxygen atoms in total. The molecule has 0 atom stereocenters. The summed E-state index contributed by atoms with van der Waals surface area (Å²) < 4.78 is 5.83. The summed E-state index contributed by atoms with van der Waals surface area (Å²) in [6.07, 6.45) is 9.30. The fourth-order valence-corrected chi connectivity index (χ4v) is 5.75. The van der Waals surface area contributed by atoms with Crippen LogP contribution in [0.3, 0.4) is 0 Å². The fourth-order valence-electron chi connectivity index (χ4n) is 5.75. The first-order valence-corrected chi connectivity index (χ1v) is 13.9. The molecule has 38 heavy (non-hydrogen) atoms. The molecule has 0 radical (unpaired) electrons. The van der Waals surface area contributed by atoms with Crippen LogP contribution in [0.5, 0.6) is 0 Å². The highest BCUT2D eigenvalue weighted by Gasteiger charge is 2.24. The highest BCUT2D eigenvalue weighted by molar-refractivity contribution is 5.98. The number of hydrogen-bond donors (Lipinski definition) is 3. The van der Waals surface area contributed by atoms with E-state index in [0.29, 0.717) is 22.8 Å². The van der Waals surface area contributed by atoms with Gasteiger partial charge in [-0.05, 0) is 112 Å². The Morgan fingerprint density at radius 3 is 2.47 bits per heavy atom. The van der Waals surface area contributed by atoms with Gasteiger partial charge in [0.1, 0.15) is 5.58 Å². The quantitative estimate of drug-likeness (QED) is 0.367. The molecule has 1 aliphatic carbocycles. The van der Waals surface area contributed by atoms with Crippen LogP contribution in [0, 0.1) is 23.2 Å². The van der Waals surface area contributed by atoms with E-state index < -0.39 is 0 Å². The predicted molar refractivity (Wildman–Crippen MR) is 148 cm³/mol. The summed E-state index contributed by atoms with van der Waals surface area (Å²) >= 11 is 0. The lowest BCUT2D eigenvalue weighted by Crippen LogP contribution is -2.37. The number of nitrogens with zero attached hydrogens (tertiary/aromatic N) is 1. The van der Waals surface area contributed by atoms with E-state index >= 15 is 0 Å². The van der Waals surface area contributed by atoms with Crippen molar-refractivity contribution in [2.45, 2.75) is 63.8 Å². The van der Waals surface area contributed by atoms with Gasteiger partial charge in [0.15, 0.2) is 5.76 Å². The van der Waals surface area contributed by atoms with E-state index in [2.05, 4.69) is 34.2 Å². The molecule has 5 rings (SSSR count). The summed E-state index contributed by atoms with van der Waals surface area (Å²) in [7, 11) is 0. The summed E-state index contributed by atoms with van der Waals surface area (Å²) in [5, 5.41) is 19.2. The van der Waals surface area contributed by atoms with Crippen LogP contribution < -0.4 is 16.0 Å². The van der Waals surface area contributed by atoms with Crippen molar-refractivity contribution in [3.8, 4) is 6.07 Å². The second-order valence-electron chi connectivity index (χ2n) is 10.8. The van der Waals surface area contributed by atoms with E-state index in [9.17, 15) is 9.59 Å². The Labute approximate surface area is 224 Å². The fraction of sp³-hybridized carbons (Fsp3) is 0.452. The van der Waals surface area contributed by atoms with Crippen LogP contribution in [0.2, 0.25) is 0 Å². The van der Waals surface area contributed by atoms with Crippen LogP contribution in [-0.4, -0.2) is 30.9 Å². The maximum atomic E-state index is 12.9. The number of aryl methyl sites for hydroxylation is 1. The second-order valence-corrected chi connectivity index (χ2v) is 10.8. The maximum Gasteiger partial charge on any atom is 0.287 e. The number of hydrogen-bond acceptors (Lipinski definition) is 5. The van der Waals surface area contributed by atoms with Gasteiger partial charge in [0, 0.05) is 23.0 Å².